The van der Waals surface area contributed by atoms with Crippen molar-refractivity contribution in [2.75, 3.05) is 24.6 Å². The molecule has 1 heterocycles. The molecule has 6 nitrogen and oxygen atoms in total. The molecule has 2 rings (SSSR count). The van der Waals surface area contributed by atoms with E-state index in [2.05, 4.69) is 0 Å². The number of anilines is 2. The maximum Gasteiger partial charge on any atom is 0.415 e. The standard InChI is InChI=1S/C15H20FN3O3/c1-15(2,3)22-14(20)19-6-7-21-8-11(19)9-4-5-10(17)13(18)12(9)16/h4-5,8H,6-7,17-18H2,1-3H3. The van der Waals surface area contributed by atoms with Gasteiger partial charge >= 0.3 is 6.09 Å². The molecule has 1 aromatic rings. The van der Waals surface area contributed by atoms with Gasteiger partial charge in [-0.2, -0.15) is 0 Å². The molecule has 1 aliphatic heterocycles. The predicted molar refractivity (Wildman–Crippen MR) is 82.1 cm³/mol. The van der Waals surface area contributed by atoms with Crippen molar-refractivity contribution in [1.82, 2.24) is 4.90 Å². The zero-order valence-electron chi connectivity index (χ0n) is 12.9. The second kappa shape index (κ2) is 5.75. The van der Waals surface area contributed by atoms with E-state index in [0.29, 0.717) is 6.61 Å². The van der Waals surface area contributed by atoms with Gasteiger partial charge in [0.1, 0.15) is 18.5 Å². The molecule has 0 saturated heterocycles. The Morgan fingerprint density at radius 2 is 2.05 bits per heavy atom. The Bertz CT molecular complexity index is 623. The molecule has 7 heteroatoms. The van der Waals surface area contributed by atoms with Gasteiger partial charge in [-0.25, -0.2) is 9.18 Å². The highest BCUT2D eigenvalue weighted by Crippen LogP contribution is 2.31. The highest BCUT2D eigenvalue weighted by atomic mass is 19.1. The molecule has 0 fully saturated rings. The lowest BCUT2D eigenvalue weighted by atomic mass is 10.1. The van der Waals surface area contributed by atoms with E-state index in [1.165, 1.54) is 23.3 Å². The van der Waals surface area contributed by atoms with Crippen LogP contribution in [0.5, 0.6) is 0 Å². The second-order valence-electron chi connectivity index (χ2n) is 5.94. The number of amides is 1. The molecule has 0 unspecified atom stereocenters. The molecule has 0 bridgehead atoms. The smallest absolute Gasteiger partial charge is 0.415 e. The van der Waals surface area contributed by atoms with Gasteiger partial charge in [-0.15, -0.1) is 0 Å². The fourth-order valence-corrected chi connectivity index (χ4v) is 1.99. The van der Waals surface area contributed by atoms with Gasteiger partial charge in [0, 0.05) is 5.56 Å². The normalized spacial score (nSPS) is 15.1. The number of nitrogens with zero attached hydrogens (tertiary/aromatic N) is 1. The molecular weight excluding hydrogens is 289 g/mol. The molecule has 0 spiro atoms. The Labute approximate surface area is 128 Å². The summed E-state index contributed by atoms with van der Waals surface area (Å²) in [6, 6.07) is 2.94. The number of nitrogen functional groups attached to an aromatic ring is 2. The summed E-state index contributed by atoms with van der Waals surface area (Å²) in [7, 11) is 0. The molecule has 22 heavy (non-hydrogen) atoms. The van der Waals surface area contributed by atoms with E-state index < -0.39 is 17.5 Å². The van der Waals surface area contributed by atoms with Crippen molar-refractivity contribution in [3.8, 4) is 0 Å². The van der Waals surface area contributed by atoms with Gasteiger partial charge in [0.05, 0.1) is 23.6 Å². The molecule has 0 radical (unpaired) electrons. The summed E-state index contributed by atoms with van der Waals surface area (Å²) in [6.07, 6.45) is 0.749. The van der Waals surface area contributed by atoms with Gasteiger partial charge < -0.3 is 20.9 Å². The van der Waals surface area contributed by atoms with E-state index in [1.807, 2.05) is 0 Å². The van der Waals surface area contributed by atoms with Gasteiger partial charge in [-0.1, -0.05) is 0 Å². The van der Waals surface area contributed by atoms with E-state index in [0.717, 1.165) is 0 Å². The zero-order valence-corrected chi connectivity index (χ0v) is 12.9. The summed E-state index contributed by atoms with van der Waals surface area (Å²) in [5.74, 6) is -0.690. The van der Waals surface area contributed by atoms with Gasteiger partial charge in [0.2, 0.25) is 0 Å². The van der Waals surface area contributed by atoms with E-state index in [1.54, 1.807) is 20.8 Å². The summed E-state index contributed by atoms with van der Waals surface area (Å²) in [6.45, 7) is 5.84. The first kappa shape index (κ1) is 15.9. The Balaban J connectivity index is 2.38. The molecule has 0 aliphatic carbocycles. The molecule has 0 atom stereocenters. The minimum atomic E-state index is -0.690. The zero-order chi connectivity index (χ0) is 16.5. The van der Waals surface area contributed by atoms with Gasteiger partial charge in [-0.05, 0) is 32.9 Å². The third-order valence-electron chi connectivity index (χ3n) is 3.02. The Kier molecular flexibility index (Phi) is 4.16. The van der Waals surface area contributed by atoms with Crippen LogP contribution in [-0.2, 0) is 9.47 Å². The van der Waals surface area contributed by atoms with Crippen molar-refractivity contribution in [2.24, 2.45) is 0 Å². The number of carbonyl (C=O) groups is 1. The fourth-order valence-electron chi connectivity index (χ4n) is 1.99. The number of nitrogens with two attached hydrogens (primary N) is 2. The van der Waals surface area contributed by atoms with E-state index in [-0.39, 0.29) is 29.2 Å². The van der Waals surface area contributed by atoms with E-state index >= 15 is 0 Å². The van der Waals surface area contributed by atoms with Crippen LogP contribution in [0.3, 0.4) is 0 Å². The first-order valence-corrected chi connectivity index (χ1v) is 6.87. The Morgan fingerprint density at radius 1 is 1.36 bits per heavy atom. The van der Waals surface area contributed by atoms with Crippen molar-refractivity contribution in [2.45, 2.75) is 26.4 Å². The predicted octanol–water partition coefficient (Wildman–Crippen LogP) is 2.56. The summed E-state index contributed by atoms with van der Waals surface area (Å²) in [4.78, 5) is 13.6. The van der Waals surface area contributed by atoms with Crippen molar-refractivity contribution in [3.63, 3.8) is 0 Å². The highest BCUT2D eigenvalue weighted by molar-refractivity contribution is 5.84. The minimum absolute atomic E-state index is 0.136. The summed E-state index contributed by atoms with van der Waals surface area (Å²) in [5.41, 5.74) is 10.9. The molecule has 4 N–H and O–H groups in total. The molecule has 120 valence electrons. The first-order valence-electron chi connectivity index (χ1n) is 6.87. The molecular formula is C15H20FN3O3. The topological polar surface area (TPSA) is 90.8 Å². The third kappa shape index (κ3) is 3.24. The highest BCUT2D eigenvalue weighted by Gasteiger charge is 2.29. The largest absolute Gasteiger partial charge is 0.497 e. The maximum atomic E-state index is 14.3. The van der Waals surface area contributed by atoms with E-state index in [4.69, 9.17) is 20.9 Å². The summed E-state index contributed by atoms with van der Waals surface area (Å²) in [5, 5.41) is 0. The van der Waals surface area contributed by atoms with Gasteiger partial charge in [-0.3, -0.25) is 4.90 Å². The number of benzene rings is 1. The number of ether oxygens (including phenoxy) is 2. The Morgan fingerprint density at radius 3 is 2.68 bits per heavy atom. The monoisotopic (exact) mass is 309 g/mol. The number of carbonyl (C=O) groups excluding carboxylic acids is 1. The summed E-state index contributed by atoms with van der Waals surface area (Å²) >= 11 is 0. The first-order chi connectivity index (χ1) is 10.2. The fraction of sp³-hybridized carbons (Fsp3) is 0.400. The van der Waals surface area contributed by atoms with Gasteiger partial charge in [0.15, 0.2) is 5.82 Å². The molecule has 1 amide bonds. The van der Waals surface area contributed by atoms with Crippen LogP contribution in [-0.4, -0.2) is 29.7 Å². The van der Waals surface area contributed by atoms with Crippen molar-refractivity contribution >= 4 is 23.2 Å². The van der Waals surface area contributed by atoms with Crippen LogP contribution in [0.15, 0.2) is 18.4 Å². The molecule has 1 aliphatic rings. The quantitative estimate of drug-likeness (QED) is 0.778. The number of hydrogen-bond acceptors (Lipinski definition) is 5. The average Bonchev–Trinajstić information content (AvgIpc) is 2.43. The maximum absolute atomic E-state index is 14.3. The van der Waals surface area contributed by atoms with Crippen LogP contribution >= 0.6 is 0 Å². The lowest BCUT2D eigenvalue weighted by Gasteiger charge is -2.31. The average molecular weight is 309 g/mol. The molecule has 0 aromatic heterocycles. The lowest BCUT2D eigenvalue weighted by molar-refractivity contribution is 0.0296. The number of halogens is 1. The second-order valence-corrected chi connectivity index (χ2v) is 5.94. The van der Waals surface area contributed by atoms with Crippen LogP contribution < -0.4 is 11.5 Å². The van der Waals surface area contributed by atoms with Crippen LogP contribution in [0.2, 0.25) is 0 Å². The third-order valence-corrected chi connectivity index (χ3v) is 3.02. The van der Waals surface area contributed by atoms with Crippen LogP contribution in [0, 0.1) is 5.82 Å². The van der Waals surface area contributed by atoms with Crippen LogP contribution in [0.1, 0.15) is 26.3 Å². The van der Waals surface area contributed by atoms with Crippen LogP contribution in [0.25, 0.3) is 5.70 Å². The Hall–Kier alpha value is -2.44. The minimum Gasteiger partial charge on any atom is -0.497 e. The SMILES string of the molecule is CC(C)(C)OC(=O)N1CCOC=C1c1ccc(N)c(N)c1F. The van der Waals surface area contributed by atoms with E-state index in [9.17, 15) is 9.18 Å². The number of rotatable bonds is 1. The summed E-state index contributed by atoms with van der Waals surface area (Å²) < 4.78 is 24.9. The molecule has 0 saturated carbocycles. The van der Waals surface area contributed by atoms with Crippen molar-refractivity contribution < 1.29 is 18.7 Å². The van der Waals surface area contributed by atoms with Gasteiger partial charge in [0.25, 0.3) is 0 Å². The number of hydrogen-bond donors (Lipinski definition) is 2. The lowest BCUT2D eigenvalue weighted by Crippen LogP contribution is -2.39. The van der Waals surface area contributed by atoms with Crippen molar-refractivity contribution in [3.05, 3.63) is 29.8 Å². The molecule has 1 aromatic carbocycles. The van der Waals surface area contributed by atoms with Crippen molar-refractivity contribution in [1.29, 1.82) is 0 Å². The van der Waals surface area contributed by atoms with Crippen LogP contribution in [0.4, 0.5) is 20.6 Å².